The number of carbonyl (C=O) groups excluding carboxylic acids is 1. The Morgan fingerprint density at radius 1 is 0.815 bits per heavy atom. The van der Waals surface area contributed by atoms with Gasteiger partial charge in [0.15, 0.2) is 0 Å². The highest BCUT2D eigenvalue weighted by molar-refractivity contribution is 5.82. The number of benzene rings is 3. The molecule has 0 spiro atoms. The van der Waals surface area contributed by atoms with Crippen LogP contribution in [0.3, 0.4) is 0 Å². The maximum atomic E-state index is 12.8. The summed E-state index contributed by atoms with van der Waals surface area (Å²) < 4.78 is 5.64. The predicted molar refractivity (Wildman–Crippen MR) is 108 cm³/mol. The van der Waals surface area contributed by atoms with Gasteiger partial charge in [-0.05, 0) is 23.7 Å². The van der Waals surface area contributed by atoms with Crippen molar-refractivity contribution in [2.24, 2.45) is 0 Å². The lowest BCUT2D eigenvalue weighted by molar-refractivity contribution is -0.144. The van der Waals surface area contributed by atoms with Gasteiger partial charge in [0.1, 0.15) is 12.5 Å². The highest BCUT2D eigenvalue weighted by Crippen LogP contribution is 2.25. The lowest BCUT2D eigenvalue weighted by Gasteiger charge is -2.20. The van der Waals surface area contributed by atoms with Crippen LogP contribution >= 0.6 is 0 Å². The third-order valence-corrected chi connectivity index (χ3v) is 4.51. The molecule has 0 saturated heterocycles. The first-order chi connectivity index (χ1) is 13.2. The lowest BCUT2D eigenvalue weighted by atomic mass is 9.91. The van der Waals surface area contributed by atoms with Gasteiger partial charge in [0.05, 0.1) is 0 Å². The number of hydrogen-bond acceptors (Lipinski definition) is 3. The summed E-state index contributed by atoms with van der Waals surface area (Å²) in [4.78, 5) is 15.0. The molecule has 27 heavy (non-hydrogen) atoms. The summed E-state index contributed by atoms with van der Waals surface area (Å²) in [5, 5.41) is 0. The summed E-state index contributed by atoms with van der Waals surface area (Å²) in [5.41, 5.74) is 3.15. The summed E-state index contributed by atoms with van der Waals surface area (Å²) >= 11 is 0. The van der Waals surface area contributed by atoms with E-state index in [1.165, 1.54) is 5.56 Å². The zero-order valence-electron chi connectivity index (χ0n) is 15.6. The Bertz CT molecular complexity index is 779. The number of esters is 1. The van der Waals surface area contributed by atoms with E-state index in [4.69, 9.17) is 4.74 Å². The quantitative estimate of drug-likeness (QED) is 0.555. The fourth-order valence-electron chi connectivity index (χ4n) is 3.12. The largest absolute Gasteiger partial charge is 0.464 e. The molecule has 0 amide bonds. The molecule has 0 unspecified atom stereocenters. The van der Waals surface area contributed by atoms with Gasteiger partial charge in [-0.2, -0.15) is 0 Å². The van der Waals surface area contributed by atoms with Crippen LogP contribution in [-0.2, 0) is 16.1 Å². The zero-order chi connectivity index (χ0) is 18.9. The Hall–Kier alpha value is -2.91. The van der Waals surface area contributed by atoms with Crippen LogP contribution in [0.2, 0.25) is 0 Å². The molecule has 3 aromatic carbocycles. The van der Waals surface area contributed by atoms with E-state index in [9.17, 15) is 4.79 Å². The van der Waals surface area contributed by atoms with E-state index in [2.05, 4.69) is 17.0 Å². The molecule has 0 saturated carbocycles. The average molecular weight is 359 g/mol. The van der Waals surface area contributed by atoms with E-state index in [1.807, 2.05) is 85.9 Å². The molecule has 0 radical (unpaired) electrons. The SMILES string of the molecule is CN(CCOC(=O)C(c1ccccc1)c1ccccc1)Cc1ccccc1. The number of hydrogen-bond donors (Lipinski definition) is 0. The van der Waals surface area contributed by atoms with Crippen LogP contribution in [0.5, 0.6) is 0 Å². The van der Waals surface area contributed by atoms with Crippen molar-refractivity contribution in [1.82, 2.24) is 4.90 Å². The fraction of sp³-hybridized carbons (Fsp3) is 0.208. The molecule has 0 aliphatic carbocycles. The molecule has 0 aromatic heterocycles. The molecule has 0 N–H and O–H groups in total. The van der Waals surface area contributed by atoms with Crippen LogP contribution in [0.1, 0.15) is 22.6 Å². The first-order valence-electron chi connectivity index (χ1n) is 9.23. The first-order valence-corrected chi connectivity index (χ1v) is 9.23. The molecule has 3 rings (SSSR count). The van der Waals surface area contributed by atoms with Crippen molar-refractivity contribution in [3.63, 3.8) is 0 Å². The molecule has 3 aromatic rings. The topological polar surface area (TPSA) is 29.5 Å². The molecular formula is C24H25NO2. The van der Waals surface area contributed by atoms with Crippen molar-refractivity contribution >= 4 is 5.97 Å². The van der Waals surface area contributed by atoms with Gasteiger partial charge in [0.2, 0.25) is 0 Å². The molecule has 0 aliphatic rings. The van der Waals surface area contributed by atoms with E-state index < -0.39 is 5.92 Å². The van der Waals surface area contributed by atoms with Gasteiger partial charge in [-0.25, -0.2) is 0 Å². The van der Waals surface area contributed by atoms with Gasteiger partial charge in [0.25, 0.3) is 0 Å². The Morgan fingerprint density at radius 3 is 1.81 bits per heavy atom. The first kappa shape index (κ1) is 18.9. The average Bonchev–Trinajstić information content (AvgIpc) is 2.70. The normalized spacial score (nSPS) is 10.9. The Labute approximate surface area is 161 Å². The minimum absolute atomic E-state index is 0.208. The maximum Gasteiger partial charge on any atom is 0.317 e. The van der Waals surface area contributed by atoms with Crippen LogP contribution in [0.25, 0.3) is 0 Å². The van der Waals surface area contributed by atoms with Crippen LogP contribution in [0.4, 0.5) is 0 Å². The van der Waals surface area contributed by atoms with Crippen LogP contribution in [0, 0.1) is 0 Å². The number of ether oxygens (including phenoxy) is 1. The van der Waals surface area contributed by atoms with Gasteiger partial charge in [0, 0.05) is 13.1 Å². The molecule has 138 valence electrons. The van der Waals surface area contributed by atoms with Gasteiger partial charge in [-0.1, -0.05) is 91.0 Å². The second-order valence-corrected chi connectivity index (χ2v) is 6.65. The fourth-order valence-corrected chi connectivity index (χ4v) is 3.12. The van der Waals surface area contributed by atoms with Crippen molar-refractivity contribution in [3.05, 3.63) is 108 Å². The Morgan fingerprint density at radius 2 is 1.30 bits per heavy atom. The molecule has 0 aliphatic heterocycles. The Balaban J connectivity index is 1.60. The third kappa shape index (κ3) is 5.53. The lowest BCUT2D eigenvalue weighted by Crippen LogP contribution is -2.26. The van der Waals surface area contributed by atoms with Gasteiger partial charge in [-0.15, -0.1) is 0 Å². The molecule has 0 heterocycles. The monoisotopic (exact) mass is 359 g/mol. The van der Waals surface area contributed by atoms with Gasteiger partial charge in [-0.3, -0.25) is 9.69 Å². The predicted octanol–water partition coefficient (Wildman–Crippen LogP) is 4.49. The number of carbonyl (C=O) groups is 1. The van der Waals surface area contributed by atoms with E-state index in [0.717, 1.165) is 17.7 Å². The van der Waals surface area contributed by atoms with Gasteiger partial charge < -0.3 is 4.74 Å². The van der Waals surface area contributed by atoms with E-state index in [0.29, 0.717) is 13.2 Å². The van der Waals surface area contributed by atoms with Crippen molar-refractivity contribution in [3.8, 4) is 0 Å². The van der Waals surface area contributed by atoms with Crippen molar-refractivity contribution < 1.29 is 9.53 Å². The summed E-state index contributed by atoms with van der Waals surface area (Å²) in [5.74, 6) is -0.604. The number of likely N-dealkylation sites (N-methyl/N-ethyl adjacent to an activating group) is 1. The molecule has 0 fully saturated rings. The molecular weight excluding hydrogens is 334 g/mol. The van der Waals surface area contributed by atoms with Crippen LogP contribution in [0.15, 0.2) is 91.0 Å². The van der Waals surface area contributed by atoms with E-state index in [1.54, 1.807) is 0 Å². The zero-order valence-corrected chi connectivity index (χ0v) is 15.6. The summed E-state index contributed by atoms with van der Waals surface area (Å²) in [6.45, 7) is 1.90. The second-order valence-electron chi connectivity index (χ2n) is 6.65. The summed E-state index contributed by atoms with van der Waals surface area (Å²) in [7, 11) is 2.03. The smallest absolute Gasteiger partial charge is 0.317 e. The minimum Gasteiger partial charge on any atom is -0.464 e. The van der Waals surface area contributed by atoms with Crippen LogP contribution in [-0.4, -0.2) is 31.1 Å². The van der Waals surface area contributed by atoms with E-state index >= 15 is 0 Å². The number of rotatable bonds is 8. The molecule has 3 nitrogen and oxygen atoms in total. The van der Waals surface area contributed by atoms with Gasteiger partial charge >= 0.3 is 5.97 Å². The highest BCUT2D eigenvalue weighted by Gasteiger charge is 2.24. The van der Waals surface area contributed by atoms with Crippen molar-refractivity contribution in [1.29, 1.82) is 0 Å². The third-order valence-electron chi connectivity index (χ3n) is 4.51. The second kappa shape index (κ2) is 9.70. The highest BCUT2D eigenvalue weighted by atomic mass is 16.5. The minimum atomic E-state index is -0.396. The summed E-state index contributed by atoms with van der Waals surface area (Å²) in [6.07, 6.45) is 0. The standard InChI is InChI=1S/C24H25NO2/c1-25(19-20-11-5-2-6-12-20)17-18-27-24(26)23(21-13-7-3-8-14-21)22-15-9-4-10-16-22/h2-16,23H,17-19H2,1H3. The van der Waals surface area contributed by atoms with Crippen LogP contribution < -0.4 is 0 Å². The molecule has 0 bridgehead atoms. The maximum absolute atomic E-state index is 12.8. The molecule has 0 atom stereocenters. The molecule has 3 heteroatoms. The Kier molecular flexibility index (Phi) is 6.78. The van der Waals surface area contributed by atoms with Crippen molar-refractivity contribution in [2.45, 2.75) is 12.5 Å². The van der Waals surface area contributed by atoms with Crippen molar-refractivity contribution in [2.75, 3.05) is 20.2 Å². The number of nitrogens with zero attached hydrogens (tertiary/aromatic N) is 1. The van der Waals surface area contributed by atoms with E-state index in [-0.39, 0.29) is 5.97 Å². The summed E-state index contributed by atoms with van der Waals surface area (Å²) in [6, 6.07) is 29.9.